The molecule has 14 nitrogen and oxygen atoms in total. The number of nitrogens with one attached hydrogen (secondary N) is 3. The summed E-state index contributed by atoms with van der Waals surface area (Å²) in [6, 6.07) is 12.8. The molecule has 4 amide bonds. The van der Waals surface area contributed by atoms with Gasteiger partial charge < -0.3 is 46.3 Å². The average molecular weight is 712 g/mol. The number of benzene rings is 2. The van der Waals surface area contributed by atoms with Crippen molar-refractivity contribution < 1.29 is 43.7 Å². The molecular formula is C37H53N5O9. The van der Waals surface area contributed by atoms with E-state index >= 15 is 0 Å². The molecule has 3 rings (SSSR count). The van der Waals surface area contributed by atoms with Gasteiger partial charge in [0.05, 0.1) is 24.7 Å². The van der Waals surface area contributed by atoms with Crippen LogP contribution in [0.4, 0.5) is 0 Å². The van der Waals surface area contributed by atoms with Gasteiger partial charge in [0.15, 0.2) is 0 Å². The molecule has 2 aromatic rings. The van der Waals surface area contributed by atoms with Crippen LogP contribution in [0.1, 0.15) is 69.9 Å². The molecule has 6 atom stereocenters. The standard InChI is InChI=1S/C37H53N5O9/c1-24(39-33(45)22-27-14-7-8-16-30(27)51-23-26-12-5-4-6-13-26)35(46)41-34(25(2)43)36(47)42-21-11-17-31(50-3)29(42)18-19-32(44)40-28(37(48)49)15-9-10-20-38/h4-8,12-14,16,24-25,28-29,31,34,43H,9-11,15,17-23,38H2,1-3H3,(H,39,45)(H,40,44)(H,41,46)(H,48,49)/t24-,25-,28-,29+,31+,34-/m0/s1. The second-order valence-electron chi connectivity index (χ2n) is 12.9. The van der Waals surface area contributed by atoms with Crippen LogP contribution in [0, 0.1) is 0 Å². The molecule has 2 aromatic carbocycles. The smallest absolute Gasteiger partial charge is 0.326 e. The topological polar surface area (TPSA) is 210 Å². The van der Waals surface area contributed by atoms with Gasteiger partial charge in [-0.25, -0.2) is 4.79 Å². The average Bonchev–Trinajstić information content (AvgIpc) is 3.11. The molecule has 280 valence electrons. The number of ether oxygens (including phenoxy) is 2. The van der Waals surface area contributed by atoms with Crippen molar-refractivity contribution in [2.75, 3.05) is 20.2 Å². The zero-order chi connectivity index (χ0) is 37.3. The maximum Gasteiger partial charge on any atom is 0.326 e. The SMILES string of the molecule is CO[C@@H]1CCCN(C(=O)[C@@H](NC(=O)[C@H](C)NC(=O)Cc2ccccc2OCc2ccccc2)[C@H](C)O)[C@@H]1CCC(=O)N[C@@H](CCCCN)C(=O)O. The van der Waals surface area contributed by atoms with Gasteiger partial charge in [-0.2, -0.15) is 0 Å². The Morgan fingerprint density at radius 2 is 1.67 bits per heavy atom. The molecule has 1 saturated heterocycles. The van der Waals surface area contributed by atoms with E-state index in [-0.39, 0.29) is 25.7 Å². The number of aliphatic carboxylic acids is 1. The number of nitrogens with zero attached hydrogens (tertiary/aromatic N) is 1. The van der Waals surface area contributed by atoms with Gasteiger partial charge in [-0.1, -0.05) is 48.5 Å². The zero-order valence-electron chi connectivity index (χ0n) is 29.7. The number of carboxylic acids is 1. The largest absolute Gasteiger partial charge is 0.489 e. The summed E-state index contributed by atoms with van der Waals surface area (Å²) in [6.07, 6.45) is 1.02. The van der Waals surface area contributed by atoms with E-state index in [1.807, 2.05) is 36.4 Å². The molecular weight excluding hydrogens is 658 g/mol. The monoisotopic (exact) mass is 711 g/mol. The highest BCUT2D eigenvalue weighted by Gasteiger charge is 2.40. The number of aliphatic hydroxyl groups is 1. The highest BCUT2D eigenvalue weighted by atomic mass is 16.5. The van der Waals surface area contributed by atoms with Crippen LogP contribution in [-0.2, 0) is 41.7 Å². The number of methoxy groups -OCH3 is 1. The lowest BCUT2D eigenvalue weighted by Gasteiger charge is -2.42. The Balaban J connectivity index is 1.61. The van der Waals surface area contributed by atoms with Crippen LogP contribution in [0.2, 0.25) is 0 Å². The molecule has 1 aliphatic rings. The van der Waals surface area contributed by atoms with Crippen molar-refractivity contribution in [1.82, 2.24) is 20.9 Å². The van der Waals surface area contributed by atoms with Crippen LogP contribution in [0.25, 0.3) is 0 Å². The molecule has 0 bridgehead atoms. The number of amides is 4. The maximum atomic E-state index is 13.9. The third-order valence-electron chi connectivity index (χ3n) is 8.93. The van der Waals surface area contributed by atoms with Gasteiger partial charge in [-0.3, -0.25) is 19.2 Å². The van der Waals surface area contributed by atoms with Crippen molar-refractivity contribution in [2.45, 2.75) is 108 Å². The summed E-state index contributed by atoms with van der Waals surface area (Å²) in [5.74, 6) is -2.72. The molecule has 1 fully saturated rings. The molecule has 0 spiro atoms. The van der Waals surface area contributed by atoms with E-state index in [1.54, 1.807) is 18.2 Å². The Kier molecular flexibility index (Phi) is 16.8. The van der Waals surface area contributed by atoms with Crippen LogP contribution < -0.4 is 26.4 Å². The highest BCUT2D eigenvalue weighted by Crippen LogP contribution is 2.25. The minimum Gasteiger partial charge on any atom is -0.489 e. The number of rotatable bonds is 20. The van der Waals surface area contributed by atoms with E-state index in [0.29, 0.717) is 56.7 Å². The van der Waals surface area contributed by atoms with E-state index in [9.17, 15) is 34.2 Å². The van der Waals surface area contributed by atoms with E-state index in [1.165, 1.54) is 25.9 Å². The first-order valence-electron chi connectivity index (χ1n) is 17.5. The number of likely N-dealkylation sites (tertiary alicyclic amines) is 1. The molecule has 0 radical (unpaired) electrons. The fourth-order valence-corrected chi connectivity index (χ4v) is 6.11. The third kappa shape index (κ3) is 12.9. The van der Waals surface area contributed by atoms with Crippen molar-refractivity contribution in [2.24, 2.45) is 5.73 Å². The Morgan fingerprint density at radius 3 is 2.33 bits per heavy atom. The molecule has 0 unspecified atom stereocenters. The number of unbranched alkanes of at least 4 members (excludes halogenated alkanes) is 1. The lowest BCUT2D eigenvalue weighted by atomic mass is 9.93. The fraction of sp³-hybridized carbons (Fsp3) is 0.541. The van der Waals surface area contributed by atoms with E-state index < -0.39 is 66.0 Å². The zero-order valence-corrected chi connectivity index (χ0v) is 29.7. The molecule has 7 N–H and O–H groups in total. The van der Waals surface area contributed by atoms with E-state index in [0.717, 1.165) is 5.56 Å². The molecule has 0 aliphatic carbocycles. The van der Waals surface area contributed by atoms with Crippen molar-refractivity contribution in [3.8, 4) is 5.75 Å². The first kappa shape index (κ1) is 40.9. The second kappa shape index (κ2) is 21.0. The number of para-hydroxylation sites is 1. The number of hydrogen-bond acceptors (Lipinski definition) is 9. The summed E-state index contributed by atoms with van der Waals surface area (Å²) < 4.78 is 11.6. The number of carboxylic acid groups (broad SMARTS) is 1. The fourth-order valence-electron chi connectivity index (χ4n) is 6.11. The van der Waals surface area contributed by atoms with E-state index in [2.05, 4.69) is 16.0 Å². The predicted molar refractivity (Wildman–Crippen MR) is 189 cm³/mol. The number of hydrogen-bond donors (Lipinski definition) is 6. The van der Waals surface area contributed by atoms with Crippen LogP contribution >= 0.6 is 0 Å². The third-order valence-corrected chi connectivity index (χ3v) is 8.93. The van der Waals surface area contributed by atoms with Crippen molar-refractivity contribution in [3.05, 3.63) is 65.7 Å². The lowest BCUT2D eigenvalue weighted by molar-refractivity contribution is -0.148. The van der Waals surface area contributed by atoms with Gasteiger partial charge >= 0.3 is 5.97 Å². The van der Waals surface area contributed by atoms with Crippen LogP contribution in [-0.4, -0.2) is 101 Å². The summed E-state index contributed by atoms with van der Waals surface area (Å²) in [5.41, 5.74) is 7.11. The van der Waals surface area contributed by atoms with Gasteiger partial charge in [0.25, 0.3) is 0 Å². The van der Waals surface area contributed by atoms with Crippen LogP contribution in [0.15, 0.2) is 54.6 Å². The Labute approximate surface area is 299 Å². The summed E-state index contributed by atoms with van der Waals surface area (Å²) >= 11 is 0. The summed E-state index contributed by atoms with van der Waals surface area (Å²) in [7, 11) is 1.51. The van der Waals surface area contributed by atoms with Crippen molar-refractivity contribution >= 4 is 29.6 Å². The first-order valence-corrected chi connectivity index (χ1v) is 17.5. The van der Waals surface area contributed by atoms with Gasteiger partial charge in [0, 0.05) is 25.6 Å². The minimum absolute atomic E-state index is 0.0519. The summed E-state index contributed by atoms with van der Waals surface area (Å²) in [6.45, 7) is 3.92. The van der Waals surface area contributed by atoms with Gasteiger partial charge in [0.2, 0.25) is 23.6 Å². The molecule has 51 heavy (non-hydrogen) atoms. The Bertz CT molecular complexity index is 1440. The first-order chi connectivity index (χ1) is 24.4. The molecule has 1 aliphatic heterocycles. The highest BCUT2D eigenvalue weighted by molar-refractivity contribution is 5.93. The van der Waals surface area contributed by atoms with Gasteiger partial charge in [0.1, 0.15) is 30.5 Å². The number of piperidine rings is 1. The number of carbonyl (C=O) groups is 5. The molecule has 14 heteroatoms. The van der Waals surface area contributed by atoms with E-state index in [4.69, 9.17) is 15.2 Å². The van der Waals surface area contributed by atoms with Crippen molar-refractivity contribution in [1.29, 1.82) is 0 Å². The van der Waals surface area contributed by atoms with Crippen LogP contribution in [0.5, 0.6) is 5.75 Å². The van der Waals surface area contributed by atoms with Crippen molar-refractivity contribution in [3.63, 3.8) is 0 Å². The lowest BCUT2D eigenvalue weighted by Crippen LogP contribution is -2.61. The molecule has 0 aromatic heterocycles. The summed E-state index contributed by atoms with van der Waals surface area (Å²) in [4.78, 5) is 66.1. The Morgan fingerprint density at radius 1 is 0.961 bits per heavy atom. The predicted octanol–water partition coefficient (Wildman–Crippen LogP) is 1.66. The maximum absolute atomic E-state index is 13.9. The summed E-state index contributed by atoms with van der Waals surface area (Å²) in [5, 5.41) is 28.0. The number of nitrogens with two attached hydrogens (primary N) is 1. The molecule has 1 heterocycles. The van der Waals surface area contributed by atoms with Gasteiger partial charge in [-0.05, 0) is 70.5 Å². The van der Waals surface area contributed by atoms with Crippen LogP contribution in [0.3, 0.4) is 0 Å². The molecule has 0 saturated carbocycles. The Hall–Kier alpha value is -4.53. The quantitative estimate of drug-likeness (QED) is 0.109. The number of carbonyl (C=O) groups excluding carboxylic acids is 4. The van der Waals surface area contributed by atoms with Gasteiger partial charge in [-0.15, -0.1) is 0 Å². The second-order valence-corrected chi connectivity index (χ2v) is 12.9. The number of aliphatic hydroxyl groups excluding tert-OH is 1. The normalized spacial score (nSPS) is 18.1. The minimum atomic E-state index is -1.34.